The van der Waals surface area contributed by atoms with Gasteiger partial charge in [-0.3, -0.25) is 9.69 Å². The molecule has 1 amide bonds. The Morgan fingerprint density at radius 2 is 1.50 bits per heavy atom. The third-order valence-corrected chi connectivity index (χ3v) is 5.09. The average Bonchev–Trinajstić information content (AvgIpc) is 3.13. The number of nitrogens with one attached hydrogen (secondary N) is 1. The van der Waals surface area contributed by atoms with Gasteiger partial charge < -0.3 is 5.32 Å². The summed E-state index contributed by atoms with van der Waals surface area (Å²) in [5.74, 6) is -0.0217. The largest absolute Gasteiger partial charge is 0.348 e. The van der Waals surface area contributed by atoms with Gasteiger partial charge in [0.05, 0.1) is 0 Å². The molecule has 2 aromatic carbocycles. The molecule has 26 heavy (non-hydrogen) atoms. The van der Waals surface area contributed by atoms with Crippen molar-refractivity contribution in [2.45, 2.75) is 52.1 Å². The summed E-state index contributed by atoms with van der Waals surface area (Å²) in [7, 11) is 0. The maximum absolute atomic E-state index is 12.4. The maximum Gasteiger partial charge on any atom is 0.251 e. The molecule has 3 nitrogen and oxygen atoms in total. The molecule has 138 valence electrons. The van der Waals surface area contributed by atoms with Crippen LogP contribution in [0.1, 0.15) is 60.7 Å². The van der Waals surface area contributed by atoms with Crippen molar-refractivity contribution in [3.63, 3.8) is 0 Å². The van der Waals surface area contributed by atoms with Gasteiger partial charge in [-0.05, 0) is 60.2 Å². The van der Waals surface area contributed by atoms with E-state index in [0.717, 1.165) is 12.1 Å². The van der Waals surface area contributed by atoms with Gasteiger partial charge in [0, 0.05) is 18.7 Å². The van der Waals surface area contributed by atoms with Crippen molar-refractivity contribution < 1.29 is 4.79 Å². The molecule has 1 fully saturated rings. The summed E-state index contributed by atoms with van der Waals surface area (Å²) in [5.41, 5.74) is 4.53. The summed E-state index contributed by atoms with van der Waals surface area (Å²) in [4.78, 5) is 14.9. The fraction of sp³-hybridized carbons (Fsp3) is 0.435. The third-order valence-electron chi connectivity index (χ3n) is 5.09. The molecule has 1 aliphatic heterocycles. The zero-order valence-corrected chi connectivity index (χ0v) is 16.2. The van der Waals surface area contributed by atoms with Crippen LogP contribution in [0.25, 0.3) is 0 Å². The van der Waals surface area contributed by atoms with Gasteiger partial charge in [-0.2, -0.15) is 0 Å². The SMILES string of the molecule is CC(C)(C)c1ccc(C(=O)NCc2ccc(CN3CCCC3)cc2)cc1. The Bertz CT molecular complexity index is 720. The molecule has 1 aliphatic rings. The molecule has 0 atom stereocenters. The molecule has 3 heteroatoms. The van der Waals surface area contributed by atoms with Crippen molar-refractivity contribution in [3.05, 3.63) is 70.8 Å². The molecule has 1 N–H and O–H groups in total. The normalized spacial score (nSPS) is 15.2. The van der Waals surface area contributed by atoms with Crippen molar-refractivity contribution in [2.24, 2.45) is 0 Å². The molecule has 1 heterocycles. The minimum Gasteiger partial charge on any atom is -0.348 e. The molecule has 0 bridgehead atoms. The van der Waals surface area contributed by atoms with Crippen LogP contribution < -0.4 is 5.32 Å². The standard InChI is InChI=1S/C23H30N2O/c1-23(2,3)21-12-10-20(11-13-21)22(26)24-16-18-6-8-19(9-7-18)17-25-14-4-5-15-25/h6-13H,4-5,14-17H2,1-3H3,(H,24,26). The van der Waals surface area contributed by atoms with E-state index in [9.17, 15) is 4.79 Å². The van der Waals surface area contributed by atoms with E-state index in [0.29, 0.717) is 12.1 Å². The van der Waals surface area contributed by atoms with Gasteiger partial charge in [0.1, 0.15) is 0 Å². The van der Waals surface area contributed by atoms with Crippen LogP contribution in [0.5, 0.6) is 0 Å². The van der Waals surface area contributed by atoms with Crippen molar-refractivity contribution in [3.8, 4) is 0 Å². The lowest BCUT2D eigenvalue weighted by Gasteiger charge is -2.19. The Kier molecular flexibility index (Phi) is 5.77. The lowest BCUT2D eigenvalue weighted by atomic mass is 9.87. The monoisotopic (exact) mass is 350 g/mol. The first-order valence-electron chi connectivity index (χ1n) is 9.61. The minimum atomic E-state index is -0.0217. The predicted octanol–water partition coefficient (Wildman–Crippen LogP) is 4.51. The second-order valence-electron chi connectivity index (χ2n) is 8.31. The van der Waals surface area contributed by atoms with E-state index in [1.54, 1.807) is 0 Å². The number of carbonyl (C=O) groups excluding carboxylic acids is 1. The number of rotatable bonds is 5. The zero-order chi connectivity index (χ0) is 18.6. The summed E-state index contributed by atoms with van der Waals surface area (Å²) in [5, 5.41) is 3.02. The highest BCUT2D eigenvalue weighted by molar-refractivity contribution is 5.94. The number of likely N-dealkylation sites (tertiary alicyclic amines) is 1. The summed E-state index contributed by atoms with van der Waals surface area (Å²) in [6.07, 6.45) is 2.64. The highest BCUT2D eigenvalue weighted by Gasteiger charge is 2.14. The van der Waals surface area contributed by atoms with Crippen molar-refractivity contribution in [1.29, 1.82) is 0 Å². The van der Waals surface area contributed by atoms with Gasteiger partial charge in [-0.15, -0.1) is 0 Å². The second kappa shape index (κ2) is 8.05. The van der Waals surface area contributed by atoms with Crippen molar-refractivity contribution >= 4 is 5.91 Å². The number of hydrogen-bond acceptors (Lipinski definition) is 2. The topological polar surface area (TPSA) is 32.3 Å². The molecule has 0 unspecified atom stereocenters. The van der Waals surface area contributed by atoms with Gasteiger partial charge in [-0.25, -0.2) is 0 Å². The molecule has 2 aromatic rings. The minimum absolute atomic E-state index is 0.0217. The number of hydrogen-bond donors (Lipinski definition) is 1. The number of nitrogens with zero attached hydrogens (tertiary/aromatic N) is 1. The second-order valence-corrected chi connectivity index (χ2v) is 8.31. The smallest absolute Gasteiger partial charge is 0.251 e. The van der Waals surface area contributed by atoms with Crippen LogP contribution in [0.3, 0.4) is 0 Å². The summed E-state index contributed by atoms with van der Waals surface area (Å²) in [6, 6.07) is 16.5. The van der Waals surface area contributed by atoms with E-state index in [1.807, 2.05) is 24.3 Å². The van der Waals surface area contributed by atoms with Gasteiger partial charge >= 0.3 is 0 Å². The zero-order valence-electron chi connectivity index (χ0n) is 16.2. The fourth-order valence-corrected chi connectivity index (χ4v) is 3.37. The van der Waals surface area contributed by atoms with E-state index in [4.69, 9.17) is 0 Å². The predicted molar refractivity (Wildman–Crippen MR) is 107 cm³/mol. The fourth-order valence-electron chi connectivity index (χ4n) is 3.37. The molecule has 0 aliphatic carbocycles. The van der Waals surface area contributed by atoms with E-state index >= 15 is 0 Å². The lowest BCUT2D eigenvalue weighted by molar-refractivity contribution is 0.0951. The van der Waals surface area contributed by atoms with Crippen LogP contribution >= 0.6 is 0 Å². The van der Waals surface area contributed by atoms with Gasteiger partial charge in [0.25, 0.3) is 5.91 Å². The van der Waals surface area contributed by atoms with Gasteiger partial charge in [-0.1, -0.05) is 57.2 Å². The van der Waals surface area contributed by atoms with E-state index in [-0.39, 0.29) is 11.3 Å². The van der Waals surface area contributed by atoms with Crippen molar-refractivity contribution in [2.75, 3.05) is 13.1 Å². The number of carbonyl (C=O) groups is 1. The van der Waals surface area contributed by atoms with Crippen LogP contribution in [0, 0.1) is 0 Å². The lowest BCUT2D eigenvalue weighted by Crippen LogP contribution is -2.23. The average molecular weight is 351 g/mol. The molecular weight excluding hydrogens is 320 g/mol. The number of amides is 1. The molecule has 0 saturated carbocycles. The Balaban J connectivity index is 1.52. The van der Waals surface area contributed by atoms with Crippen LogP contribution in [0.4, 0.5) is 0 Å². The maximum atomic E-state index is 12.4. The Morgan fingerprint density at radius 1 is 0.923 bits per heavy atom. The molecular formula is C23H30N2O. The quantitative estimate of drug-likeness (QED) is 0.860. The summed E-state index contributed by atoms with van der Waals surface area (Å²) < 4.78 is 0. The van der Waals surface area contributed by atoms with E-state index in [1.165, 1.54) is 37.1 Å². The number of benzene rings is 2. The Labute approximate surface area is 157 Å². The van der Waals surface area contributed by atoms with Crippen molar-refractivity contribution in [1.82, 2.24) is 10.2 Å². The van der Waals surface area contributed by atoms with Crippen LogP contribution in [-0.2, 0) is 18.5 Å². The van der Waals surface area contributed by atoms with Gasteiger partial charge in [0.2, 0.25) is 0 Å². The first-order chi connectivity index (χ1) is 12.4. The Hall–Kier alpha value is -2.13. The first-order valence-corrected chi connectivity index (χ1v) is 9.61. The third kappa shape index (κ3) is 4.95. The Morgan fingerprint density at radius 3 is 2.08 bits per heavy atom. The van der Waals surface area contributed by atoms with Gasteiger partial charge in [0.15, 0.2) is 0 Å². The van der Waals surface area contributed by atoms with Crippen LogP contribution in [0.15, 0.2) is 48.5 Å². The molecule has 0 radical (unpaired) electrons. The highest BCUT2D eigenvalue weighted by Crippen LogP contribution is 2.22. The van der Waals surface area contributed by atoms with Crippen LogP contribution in [-0.4, -0.2) is 23.9 Å². The van der Waals surface area contributed by atoms with E-state index in [2.05, 4.69) is 55.3 Å². The first kappa shape index (κ1) is 18.7. The van der Waals surface area contributed by atoms with Crippen LogP contribution in [0.2, 0.25) is 0 Å². The molecule has 0 aromatic heterocycles. The highest BCUT2D eigenvalue weighted by atomic mass is 16.1. The van der Waals surface area contributed by atoms with E-state index < -0.39 is 0 Å². The molecule has 1 saturated heterocycles. The molecule has 3 rings (SSSR count). The summed E-state index contributed by atoms with van der Waals surface area (Å²) in [6.45, 7) is 10.6. The summed E-state index contributed by atoms with van der Waals surface area (Å²) >= 11 is 0. The molecule has 0 spiro atoms.